The zero-order chi connectivity index (χ0) is 28.2. The summed E-state index contributed by atoms with van der Waals surface area (Å²) in [5.41, 5.74) is 4.94. The fourth-order valence-electron chi connectivity index (χ4n) is 5.00. The number of amides is 1. The molecule has 0 aromatic heterocycles. The van der Waals surface area contributed by atoms with Crippen LogP contribution in [0, 0.1) is 0 Å². The van der Waals surface area contributed by atoms with Crippen LogP contribution in [0.5, 0.6) is 5.75 Å². The molecule has 3 aromatic rings. The van der Waals surface area contributed by atoms with Gasteiger partial charge in [0.15, 0.2) is 0 Å². The number of alkyl halides is 3. The third kappa shape index (κ3) is 6.60. The maximum absolute atomic E-state index is 13.0. The predicted octanol–water partition coefficient (Wildman–Crippen LogP) is 6.37. The highest BCUT2D eigenvalue weighted by atomic mass is 19.4. The topological polar surface area (TPSA) is 78.9 Å². The highest BCUT2D eigenvalue weighted by Crippen LogP contribution is 2.46. The first-order chi connectivity index (χ1) is 18.5. The smallest absolute Gasteiger partial charge is 0.490 e. The number of nitrogens with one attached hydrogen (secondary N) is 1. The number of anilines is 1. The number of likely N-dealkylation sites (tertiary alicyclic amines) is 1. The van der Waals surface area contributed by atoms with Crippen LogP contribution in [-0.2, 0) is 10.2 Å². The van der Waals surface area contributed by atoms with Crippen molar-refractivity contribution < 1.29 is 32.6 Å². The summed E-state index contributed by atoms with van der Waals surface area (Å²) in [4.78, 5) is 24.5. The van der Waals surface area contributed by atoms with Crippen LogP contribution in [0.15, 0.2) is 72.8 Å². The lowest BCUT2D eigenvalue weighted by atomic mass is 9.74. The van der Waals surface area contributed by atoms with Crippen molar-refractivity contribution >= 4 is 17.6 Å². The molecule has 1 spiro atoms. The molecule has 1 saturated heterocycles. The van der Waals surface area contributed by atoms with Gasteiger partial charge >= 0.3 is 12.1 Å². The highest BCUT2D eigenvalue weighted by molar-refractivity contribution is 6.05. The number of carboxylic acid groups (broad SMARTS) is 1. The molecule has 5 rings (SSSR count). The van der Waals surface area contributed by atoms with Crippen LogP contribution in [0.3, 0.4) is 0 Å². The van der Waals surface area contributed by atoms with E-state index in [2.05, 4.69) is 42.3 Å². The summed E-state index contributed by atoms with van der Waals surface area (Å²) in [7, 11) is 0. The number of ether oxygens (including phenoxy) is 1. The van der Waals surface area contributed by atoms with E-state index in [1.54, 1.807) is 0 Å². The molecule has 2 N–H and O–H groups in total. The van der Waals surface area contributed by atoms with Crippen LogP contribution < -0.4 is 10.1 Å². The fourth-order valence-corrected chi connectivity index (χ4v) is 5.00. The lowest BCUT2D eigenvalue weighted by Crippen LogP contribution is -2.46. The van der Waals surface area contributed by atoms with E-state index in [4.69, 9.17) is 14.6 Å². The standard InChI is InChI=1S/C28H30N2O2.C2HF3O2/c1-20(2)30-15-13-28(14-16-30)19-32-26-12-11-24(18-25(26)28)29-27(31)23-10-6-9-22(17-23)21-7-4-3-5-8-21;3-2(4,5)1(6)7/h3-12,17-18,20H,13-16,19H2,1-2H3,(H,29,31);(H,6,7). The Labute approximate surface area is 225 Å². The van der Waals surface area contributed by atoms with Gasteiger partial charge < -0.3 is 20.1 Å². The molecule has 0 atom stereocenters. The quantitative estimate of drug-likeness (QED) is 0.402. The number of nitrogens with zero attached hydrogens (tertiary/aromatic N) is 1. The van der Waals surface area contributed by atoms with Gasteiger partial charge in [0.25, 0.3) is 5.91 Å². The summed E-state index contributed by atoms with van der Waals surface area (Å²) < 4.78 is 37.8. The van der Waals surface area contributed by atoms with Crippen LogP contribution in [0.25, 0.3) is 11.1 Å². The second-order valence-corrected chi connectivity index (χ2v) is 10.1. The van der Waals surface area contributed by atoms with Gasteiger partial charge in [0.1, 0.15) is 5.75 Å². The lowest BCUT2D eigenvalue weighted by molar-refractivity contribution is -0.192. The van der Waals surface area contributed by atoms with Gasteiger partial charge in [-0.2, -0.15) is 13.2 Å². The summed E-state index contributed by atoms with van der Waals surface area (Å²) in [5.74, 6) is -1.88. The number of carbonyl (C=O) groups is 2. The minimum atomic E-state index is -5.08. The number of carbonyl (C=O) groups excluding carboxylic acids is 1. The normalized spacial score (nSPS) is 16.2. The minimum absolute atomic E-state index is 0.0642. The summed E-state index contributed by atoms with van der Waals surface area (Å²) in [6.07, 6.45) is -2.90. The first kappa shape index (κ1) is 28.2. The molecule has 2 aliphatic heterocycles. The summed E-state index contributed by atoms with van der Waals surface area (Å²) in [5, 5.41) is 10.2. The van der Waals surface area contributed by atoms with Gasteiger partial charge in [0, 0.05) is 28.3 Å². The van der Waals surface area contributed by atoms with Gasteiger partial charge in [-0.3, -0.25) is 4.79 Å². The van der Waals surface area contributed by atoms with Crippen LogP contribution in [0.4, 0.5) is 18.9 Å². The Balaban J connectivity index is 0.000000448. The van der Waals surface area contributed by atoms with Crippen LogP contribution in [0.1, 0.15) is 42.6 Å². The SMILES string of the molecule is CC(C)N1CCC2(CC1)COc1ccc(NC(=O)c3cccc(-c4ccccc4)c3)cc12.O=C(O)C(F)(F)F. The number of halogens is 3. The molecule has 1 fully saturated rings. The second-order valence-electron chi connectivity index (χ2n) is 10.1. The molecular weight excluding hydrogens is 509 g/mol. The summed E-state index contributed by atoms with van der Waals surface area (Å²) in [6, 6.07) is 24.6. The maximum Gasteiger partial charge on any atom is 0.490 e. The Morgan fingerprint density at radius 2 is 1.59 bits per heavy atom. The Morgan fingerprint density at radius 1 is 0.949 bits per heavy atom. The molecule has 1 amide bonds. The van der Waals surface area contributed by atoms with Gasteiger partial charge in [-0.1, -0.05) is 42.5 Å². The predicted molar refractivity (Wildman–Crippen MR) is 143 cm³/mol. The minimum Gasteiger partial charge on any atom is -0.492 e. The summed E-state index contributed by atoms with van der Waals surface area (Å²) >= 11 is 0. The number of hydrogen-bond acceptors (Lipinski definition) is 4. The van der Waals surface area contributed by atoms with E-state index in [9.17, 15) is 18.0 Å². The Bertz CT molecular complexity index is 1320. The first-order valence-corrected chi connectivity index (χ1v) is 12.8. The molecule has 0 aliphatic carbocycles. The average molecular weight is 541 g/mol. The first-order valence-electron chi connectivity index (χ1n) is 12.8. The Kier molecular flexibility index (Phi) is 8.30. The van der Waals surface area contributed by atoms with Crippen molar-refractivity contribution in [1.82, 2.24) is 4.90 Å². The van der Waals surface area contributed by atoms with Crippen molar-refractivity contribution in [1.29, 1.82) is 0 Å². The van der Waals surface area contributed by atoms with Crippen molar-refractivity contribution in [2.24, 2.45) is 0 Å². The van der Waals surface area contributed by atoms with Crippen molar-refractivity contribution in [3.63, 3.8) is 0 Å². The molecule has 3 aromatic carbocycles. The number of piperidine rings is 1. The fraction of sp³-hybridized carbons (Fsp3) is 0.333. The van der Waals surface area contributed by atoms with E-state index >= 15 is 0 Å². The molecule has 206 valence electrons. The molecule has 0 bridgehead atoms. The van der Waals surface area contributed by atoms with E-state index in [0.717, 1.165) is 55.1 Å². The molecule has 0 unspecified atom stereocenters. The average Bonchev–Trinajstić information content (AvgIpc) is 3.26. The zero-order valence-electron chi connectivity index (χ0n) is 21.8. The van der Waals surface area contributed by atoms with Gasteiger partial charge in [0.05, 0.1) is 6.61 Å². The van der Waals surface area contributed by atoms with Gasteiger partial charge in [-0.15, -0.1) is 0 Å². The van der Waals surface area contributed by atoms with E-state index in [1.165, 1.54) is 5.56 Å². The summed E-state index contributed by atoms with van der Waals surface area (Å²) in [6.45, 7) is 7.44. The van der Waals surface area contributed by atoms with Gasteiger partial charge in [-0.05, 0) is 81.2 Å². The van der Waals surface area contributed by atoms with Crippen molar-refractivity contribution in [2.75, 3.05) is 25.0 Å². The molecule has 0 radical (unpaired) electrons. The third-order valence-electron chi connectivity index (χ3n) is 7.27. The molecule has 6 nitrogen and oxygen atoms in total. The Morgan fingerprint density at radius 3 is 2.21 bits per heavy atom. The monoisotopic (exact) mass is 540 g/mol. The third-order valence-corrected chi connectivity index (χ3v) is 7.27. The van der Waals surface area contributed by atoms with E-state index in [0.29, 0.717) is 11.6 Å². The zero-order valence-corrected chi connectivity index (χ0v) is 21.8. The number of benzene rings is 3. The lowest BCUT2D eigenvalue weighted by Gasteiger charge is -2.40. The number of carboxylic acids is 1. The molecule has 39 heavy (non-hydrogen) atoms. The maximum atomic E-state index is 13.0. The van der Waals surface area contributed by atoms with Gasteiger partial charge in [0.2, 0.25) is 0 Å². The van der Waals surface area contributed by atoms with Gasteiger partial charge in [-0.25, -0.2) is 4.79 Å². The van der Waals surface area contributed by atoms with Crippen LogP contribution >= 0.6 is 0 Å². The van der Waals surface area contributed by atoms with E-state index in [-0.39, 0.29) is 11.3 Å². The molecular formula is C30H31F3N2O4. The van der Waals surface area contributed by atoms with Crippen molar-refractivity contribution in [2.45, 2.75) is 44.3 Å². The highest BCUT2D eigenvalue weighted by Gasteiger charge is 2.43. The molecule has 2 aliphatic rings. The van der Waals surface area contributed by atoms with E-state index in [1.807, 2.05) is 54.6 Å². The van der Waals surface area contributed by atoms with Crippen molar-refractivity contribution in [3.05, 3.63) is 83.9 Å². The van der Waals surface area contributed by atoms with Crippen LogP contribution in [-0.4, -0.2) is 53.8 Å². The number of rotatable bonds is 4. The number of hydrogen-bond donors (Lipinski definition) is 2. The Hall–Kier alpha value is -3.85. The number of fused-ring (bicyclic) bond motifs is 2. The molecule has 2 heterocycles. The molecule has 9 heteroatoms. The van der Waals surface area contributed by atoms with Crippen LogP contribution in [0.2, 0.25) is 0 Å². The number of aliphatic carboxylic acids is 1. The van der Waals surface area contributed by atoms with E-state index < -0.39 is 12.1 Å². The second kappa shape index (κ2) is 11.5. The van der Waals surface area contributed by atoms with Crippen molar-refractivity contribution in [3.8, 4) is 16.9 Å². The molecule has 0 saturated carbocycles. The largest absolute Gasteiger partial charge is 0.492 e.